The van der Waals surface area contributed by atoms with Crippen molar-refractivity contribution in [2.45, 2.75) is 64.2 Å². The summed E-state index contributed by atoms with van der Waals surface area (Å²) in [6.45, 7) is 6.54. The maximum atomic E-state index is 11.4. The molecule has 5 rings (SSSR count). The molecule has 0 bridgehead atoms. The van der Waals surface area contributed by atoms with E-state index in [9.17, 15) is 5.11 Å². The van der Waals surface area contributed by atoms with Crippen LogP contribution in [0.25, 0.3) is 33.3 Å². The Bertz CT molecular complexity index is 1250. The molecule has 32 heavy (non-hydrogen) atoms. The van der Waals surface area contributed by atoms with Crippen molar-refractivity contribution >= 4 is 10.8 Å². The monoisotopic (exact) mass is 426 g/mol. The largest absolute Gasteiger partial charge is 0.507 e. The van der Waals surface area contributed by atoms with E-state index in [-0.39, 0.29) is 11.2 Å². The van der Waals surface area contributed by atoms with E-state index < -0.39 is 0 Å². The van der Waals surface area contributed by atoms with Crippen LogP contribution in [0.1, 0.15) is 70.2 Å². The van der Waals surface area contributed by atoms with Crippen molar-refractivity contribution in [3.8, 4) is 28.3 Å². The molecule has 4 aromatic rings. The van der Waals surface area contributed by atoms with Gasteiger partial charge in [0.25, 0.3) is 0 Å². The number of phenols is 1. The summed E-state index contributed by atoms with van der Waals surface area (Å²) in [6, 6.07) is 18.6. The minimum atomic E-state index is -0.0995. The first-order valence-corrected chi connectivity index (χ1v) is 11.6. The highest BCUT2D eigenvalue weighted by atomic mass is 16.5. The number of rotatable bonds is 3. The van der Waals surface area contributed by atoms with Gasteiger partial charge < -0.3 is 9.63 Å². The molecule has 4 nitrogen and oxygen atoms in total. The van der Waals surface area contributed by atoms with E-state index in [1.54, 1.807) is 0 Å². The number of phenolic OH excluding ortho intramolecular Hbond substituents is 1. The lowest BCUT2D eigenvalue weighted by atomic mass is 9.83. The Morgan fingerprint density at radius 3 is 2.38 bits per heavy atom. The Morgan fingerprint density at radius 2 is 1.59 bits per heavy atom. The number of fused-ring (bicyclic) bond motifs is 1. The first-order chi connectivity index (χ1) is 15.4. The highest BCUT2D eigenvalue weighted by Gasteiger charge is 2.26. The van der Waals surface area contributed by atoms with Crippen LogP contribution in [0.4, 0.5) is 0 Å². The highest BCUT2D eigenvalue weighted by Crippen LogP contribution is 2.43. The topological polar surface area (TPSA) is 59.2 Å². The predicted octanol–water partition coefficient (Wildman–Crippen LogP) is 7.61. The maximum absolute atomic E-state index is 11.4. The molecule has 1 N–H and O–H groups in total. The van der Waals surface area contributed by atoms with Crippen molar-refractivity contribution in [2.75, 3.05) is 0 Å². The van der Waals surface area contributed by atoms with Crippen molar-refractivity contribution in [3.05, 3.63) is 66.1 Å². The molecule has 4 heteroatoms. The second kappa shape index (κ2) is 8.09. The average Bonchev–Trinajstić information content (AvgIpc) is 3.29. The van der Waals surface area contributed by atoms with Crippen molar-refractivity contribution in [1.29, 1.82) is 0 Å². The third kappa shape index (κ3) is 3.79. The van der Waals surface area contributed by atoms with E-state index in [2.05, 4.69) is 56.3 Å². The van der Waals surface area contributed by atoms with Crippen molar-refractivity contribution < 1.29 is 9.63 Å². The molecule has 164 valence electrons. The number of nitrogens with zero attached hydrogens (tertiary/aromatic N) is 2. The molecule has 0 spiro atoms. The molecular formula is C28H30N2O2. The summed E-state index contributed by atoms with van der Waals surface area (Å²) in [5.41, 5.74) is 3.46. The molecule has 0 atom stereocenters. The Balaban J connectivity index is 1.68. The molecule has 0 amide bonds. The fourth-order valence-electron chi connectivity index (χ4n) is 4.76. The van der Waals surface area contributed by atoms with E-state index in [1.807, 2.05) is 24.3 Å². The van der Waals surface area contributed by atoms with Crippen LogP contribution in [0.15, 0.2) is 59.1 Å². The first kappa shape index (κ1) is 20.7. The zero-order chi connectivity index (χ0) is 22.3. The number of benzene rings is 3. The molecule has 1 aromatic heterocycles. The highest BCUT2D eigenvalue weighted by molar-refractivity contribution is 5.99. The lowest BCUT2D eigenvalue weighted by Gasteiger charge is -2.22. The van der Waals surface area contributed by atoms with Crippen LogP contribution in [0.3, 0.4) is 0 Å². The third-order valence-corrected chi connectivity index (χ3v) is 6.69. The predicted molar refractivity (Wildman–Crippen MR) is 129 cm³/mol. The Hall–Kier alpha value is -3.14. The normalized spacial score (nSPS) is 15.3. The second-order valence-electron chi connectivity index (χ2n) is 9.99. The second-order valence-corrected chi connectivity index (χ2v) is 9.99. The van der Waals surface area contributed by atoms with Gasteiger partial charge in [0.05, 0.1) is 5.56 Å². The standard InChI is InChI=1S/C28H30N2O2/c1-28(2,3)20-16-23(22-15-9-13-18-10-7-8-14-21(18)22)25(31)24(17-20)26-29-27(32-30-26)19-11-5-4-6-12-19/h7-10,13-17,19,31H,4-6,11-12H2,1-3H3. The molecule has 3 aromatic carbocycles. The first-order valence-electron chi connectivity index (χ1n) is 11.6. The average molecular weight is 427 g/mol. The third-order valence-electron chi connectivity index (χ3n) is 6.69. The lowest BCUT2D eigenvalue weighted by molar-refractivity contribution is 0.314. The Morgan fingerprint density at radius 1 is 0.875 bits per heavy atom. The fourth-order valence-corrected chi connectivity index (χ4v) is 4.76. The van der Waals surface area contributed by atoms with Gasteiger partial charge in [0.15, 0.2) is 0 Å². The summed E-state index contributed by atoms with van der Waals surface area (Å²) in [7, 11) is 0. The van der Waals surface area contributed by atoms with Gasteiger partial charge in [0.1, 0.15) is 5.75 Å². The van der Waals surface area contributed by atoms with Gasteiger partial charge in [-0.3, -0.25) is 0 Å². The number of aromatic nitrogens is 2. The van der Waals surface area contributed by atoms with Gasteiger partial charge in [0, 0.05) is 11.5 Å². The SMILES string of the molecule is CC(C)(C)c1cc(-c2noc(C3CCCCC3)n2)c(O)c(-c2cccc3ccccc23)c1. The van der Waals surface area contributed by atoms with Crippen molar-refractivity contribution in [1.82, 2.24) is 10.1 Å². The van der Waals surface area contributed by atoms with Crippen LogP contribution < -0.4 is 0 Å². The summed E-state index contributed by atoms with van der Waals surface area (Å²) in [6.07, 6.45) is 5.88. The van der Waals surface area contributed by atoms with Crippen molar-refractivity contribution in [3.63, 3.8) is 0 Å². The van der Waals surface area contributed by atoms with E-state index in [0.29, 0.717) is 23.2 Å². The van der Waals surface area contributed by atoms with Gasteiger partial charge in [-0.15, -0.1) is 0 Å². The van der Waals surface area contributed by atoms with Gasteiger partial charge in [-0.1, -0.05) is 87.7 Å². The van der Waals surface area contributed by atoms with E-state index >= 15 is 0 Å². The minimum Gasteiger partial charge on any atom is -0.507 e. The molecule has 1 aliphatic rings. The number of hydrogen-bond donors (Lipinski definition) is 1. The summed E-state index contributed by atoms with van der Waals surface area (Å²) < 4.78 is 5.68. The van der Waals surface area contributed by atoms with Crippen LogP contribution in [0.5, 0.6) is 5.75 Å². The summed E-state index contributed by atoms with van der Waals surface area (Å²) in [4.78, 5) is 4.75. The maximum Gasteiger partial charge on any atom is 0.230 e. The molecule has 0 aliphatic heterocycles. The molecular weight excluding hydrogens is 396 g/mol. The quantitative estimate of drug-likeness (QED) is 0.366. The molecule has 1 aliphatic carbocycles. The molecule has 0 radical (unpaired) electrons. The smallest absolute Gasteiger partial charge is 0.230 e. The zero-order valence-electron chi connectivity index (χ0n) is 19.1. The summed E-state index contributed by atoms with van der Waals surface area (Å²) in [5.74, 6) is 1.70. The van der Waals surface area contributed by atoms with Gasteiger partial charge in [-0.2, -0.15) is 4.98 Å². The van der Waals surface area contributed by atoms with Gasteiger partial charge in [-0.25, -0.2) is 0 Å². The Kier molecular flexibility index (Phi) is 5.24. The van der Waals surface area contributed by atoms with Gasteiger partial charge in [0.2, 0.25) is 11.7 Å². The van der Waals surface area contributed by atoms with Crippen LogP contribution in [-0.2, 0) is 5.41 Å². The van der Waals surface area contributed by atoms with E-state index in [4.69, 9.17) is 9.51 Å². The molecule has 0 unspecified atom stereocenters. The van der Waals surface area contributed by atoms with Crippen LogP contribution in [0.2, 0.25) is 0 Å². The van der Waals surface area contributed by atoms with Crippen LogP contribution >= 0.6 is 0 Å². The zero-order valence-corrected chi connectivity index (χ0v) is 19.1. The lowest BCUT2D eigenvalue weighted by Crippen LogP contribution is -2.11. The van der Waals surface area contributed by atoms with Crippen LogP contribution in [0, 0.1) is 0 Å². The van der Waals surface area contributed by atoms with Crippen molar-refractivity contribution in [2.24, 2.45) is 0 Å². The number of hydrogen-bond acceptors (Lipinski definition) is 4. The van der Waals surface area contributed by atoms with Gasteiger partial charge in [-0.05, 0) is 52.3 Å². The molecule has 1 saturated carbocycles. The molecule has 0 saturated heterocycles. The van der Waals surface area contributed by atoms with Crippen LogP contribution in [-0.4, -0.2) is 15.2 Å². The van der Waals surface area contributed by atoms with E-state index in [1.165, 1.54) is 19.3 Å². The summed E-state index contributed by atoms with van der Waals surface area (Å²) in [5, 5.41) is 18.0. The van der Waals surface area contributed by atoms with E-state index in [0.717, 1.165) is 40.3 Å². The summed E-state index contributed by atoms with van der Waals surface area (Å²) >= 11 is 0. The van der Waals surface area contributed by atoms with Gasteiger partial charge >= 0.3 is 0 Å². The minimum absolute atomic E-state index is 0.0995. The number of aromatic hydroxyl groups is 1. The molecule has 1 heterocycles. The Labute approximate surface area is 189 Å². The fraction of sp³-hybridized carbons (Fsp3) is 0.357. The molecule has 1 fully saturated rings.